The highest BCUT2D eigenvalue weighted by atomic mass is 79.9. The van der Waals surface area contributed by atoms with Crippen molar-refractivity contribution in [3.63, 3.8) is 0 Å². The number of hydrogen-bond acceptors (Lipinski definition) is 3. The van der Waals surface area contributed by atoms with E-state index in [0.717, 1.165) is 0 Å². The van der Waals surface area contributed by atoms with E-state index in [2.05, 4.69) is 15.9 Å². The van der Waals surface area contributed by atoms with Gasteiger partial charge < -0.3 is 5.11 Å². The lowest BCUT2D eigenvalue weighted by Crippen LogP contribution is -2.36. The molecule has 0 fully saturated rings. The van der Waals surface area contributed by atoms with Crippen molar-refractivity contribution in [3.8, 4) is 0 Å². The highest BCUT2D eigenvalue weighted by molar-refractivity contribution is 9.10. The van der Waals surface area contributed by atoms with Gasteiger partial charge in [-0.05, 0) is 48.0 Å². The molecular weight excluding hydrogens is 334 g/mol. The number of hydrogen-bond donors (Lipinski definition) is 1. The van der Waals surface area contributed by atoms with Gasteiger partial charge in [0.1, 0.15) is 0 Å². The van der Waals surface area contributed by atoms with Gasteiger partial charge in [-0.1, -0.05) is 6.92 Å². The fourth-order valence-electron chi connectivity index (χ4n) is 1.78. The number of sulfonamides is 1. The zero-order chi connectivity index (χ0) is 14.8. The lowest BCUT2D eigenvalue weighted by Gasteiger charge is -2.24. The van der Waals surface area contributed by atoms with Crippen LogP contribution in [0.3, 0.4) is 0 Å². The van der Waals surface area contributed by atoms with Crippen LogP contribution in [-0.2, 0) is 10.0 Å². The second kappa shape index (κ2) is 6.02. The van der Waals surface area contributed by atoms with Crippen molar-refractivity contribution >= 4 is 31.9 Å². The van der Waals surface area contributed by atoms with Gasteiger partial charge in [0.15, 0.2) is 0 Å². The van der Waals surface area contributed by atoms with Crippen LogP contribution >= 0.6 is 15.9 Å². The van der Waals surface area contributed by atoms with Crippen LogP contribution in [0.15, 0.2) is 27.6 Å². The minimum atomic E-state index is -3.67. The van der Waals surface area contributed by atoms with E-state index in [-0.39, 0.29) is 16.5 Å². The lowest BCUT2D eigenvalue weighted by molar-refractivity contribution is 0.0695. The van der Waals surface area contributed by atoms with Gasteiger partial charge in [0, 0.05) is 17.1 Å². The fourth-order valence-corrected chi connectivity index (χ4v) is 3.87. The summed E-state index contributed by atoms with van der Waals surface area (Å²) >= 11 is 3.09. The second-order valence-electron chi connectivity index (χ2n) is 4.25. The van der Waals surface area contributed by atoms with Crippen molar-refractivity contribution in [1.82, 2.24) is 4.31 Å². The third kappa shape index (κ3) is 3.34. The molecule has 0 amide bonds. The van der Waals surface area contributed by atoms with Gasteiger partial charge in [0.05, 0.1) is 10.5 Å². The molecule has 1 rings (SSSR count). The van der Waals surface area contributed by atoms with Crippen LogP contribution in [-0.4, -0.2) is 36.4 Å². The topological polar surface area (TPSA) is 74.7 Å². The Morgan fingerprint density at radius 1 is 1.42 bits per heavy atom. The summed E-state index contributed by atoms with van der Waals surface area (Å²) in [7, 11) is -3.67. The van der Waals surface area contributed by atoms with Crippen molar-refractivity contribution < 1.29 is 18.3 Å². The highest BCUT2D eigenvalue weighted by Crippen LogP contribution is 2.24. The molecule has 0 bridgehead atoms. The van der Waals surface area contributed by atoms with Gasteiger partial charge in [-0.15, -0.1) is 0 Å². The maximum absolute atomic E-state index is 12.4. The Balaban J connectivity index is 3.37. The molecule has 0 aliphatic heterocycles. The molecular formula is C12H16BrNO4S. The molecule has 0 aromatic heterocycles. The van der Waals surface area contributed by atoms with Gasteiger partial charge in [-0.25, -0.2) is 13.2 Å². The van der Waals surface area contributed by atoms with Crippen molar-refractivity contribution in [2.75, 3.05) is 6.54 Å². The highest BCUT2D eigenvalue weighted by Gasteiger charge is 2.26. The molecule has 0 unspecified atom stereocenters. The minimum absolute atomic E-state index is 0.0105. The molecule has 0 saturated carbocycles. The Morgan fingerprint density at radius 3 is 2.42 bits per heavy atom. The summed E-state index contributed by atoms with van der Waals surface area (Å²) in [4.78, 5) is 11.0. The van der Waals surface area contributed by atoms with Gasteiger partial charge >= 0.3 is 5.97 Å². The quantitative estimate of drug-likeness (QED) is 0.886. The smallest absolute Gasteiger partial charge is 0.336 e. The van der Waals surface area contributed by atoms with E-state index in [0.29, 0.717) is 11.0 Å². The molecule has 1 aromatic rings. The minimum Gasteiger partial charge on any atom is -0.478 e. The van der Waals surface area contributed by atoms with Gasteiger partial charge in [0.25, 0.3) is 0 Å². The molecule has 0 saturated heterocycles. The molecule has 0 radical (unpaired) electrons. The summed E-state index contributed by atoms with van der Waals surface area (Å²) in [5.41, 5.74) is -0.0686. The largest absolute Gasteiger partial charge is 0.478 e. The standard InChI is InChI=1S/C12H16BrNO4S/c1-4-14(8(2)3)19(17,18)9-5-6-11(13)10(7-9)12(15)16/h5-8H,4H2,1-3H3,(H,15,16). The number of carbonyl (C=O) groups is 1. The number of carboxylic acid groups (broad SMARTS) is 1. The molecule has 0 aliphatic rings. The fraction of sp³-hybridized carbons (Fsp3) is 0.417. The molecule has 5 nitrogen and oxygen atoms in total. The zero-order valence-electron chi connectivity index (χ0n) is 10.9. The van der Waals surface area contributed by atoms with Crippen LogP contribution in [0.2, 0.25) is 0 Å². The average molecular weight is 350 g/mol. The third-order valence-electron chi connectivity index (χ3n) is 2.66. The summed E-state index contributed by atoms with van der Waals surface area (Å²) in [6.07, 6.45) is 0. The molecule has 7 heteroatoms. The number of carboxylic acids is 1. The van der Waals surface area contributed by atoms with E-state index in [4.69, 9.17) is 5.11 Å². The predicted molar refractivity (Wildman–Crippen MR) is 75.8 cm³/mol. The van der Waals surface area contributed by atoms with E-state index in [1.807, 2.05) is 0 Å². The summed E-state index contributed by atoms with van der Waals surface area (Å²) < 4.78 is 26.5. The van der Waals surface area contributed by atoms with Crippen LogP contribution in [0.25, 0.3) is 0 Å². The van der Waals surface area contributed by atoms with Gasteiger partial charge in [-0.3, -0.25) is 0 Å². The van der Waals surface area contributed by atoms with Crippen LogP contribution in [0, 0.1) is 0 Å². The number of aromatic carboxylic acids is 1. The number of rotatable bonds is 5. The number of halogens is 1. The number of nitrogens with zero attached hydrogens (tertiary/aromatic N) is 1. The van der Waals surface area contributed by atoms with E-state index in [9.17, 15) is 13.2 Å². The first-order valence-electron chi connectivity index (χ1n) is 5.76. The van der Waals surface area contributed by atoms with Crippen molar-refractivity contribution in [2.45, 2.75) is 31.7 Å². The summed E-state index contributed by atoms with van der Waals surface area (Å²) in [6.45, 7) is 5.63. The number of benzene rings is 1. The summed E-state index contributed by atoms with van der Waals surface area (Å²) in [6, 6.07) is 3.82. The normalized spacial score (nSPS) is 12.1. The SMILES string of the molecule is CCN(C(C)C)S(=O)(=O)c1ccc(Br)c(C(=O)O)c1. The van der Waals surface area contributed by atoms with Crippen LogP contribution < -0.4 is 0 Å². The second-order valence-corrected chi connectivity index (χ2v) is 6.99. The third-order valence-corrected chi connectivity index (χ3v) is 5.50. The maximum Gasteiger partial charge on any atom is 0.336 e. The predicted octanol–water partition coefficient (Wildman–Crippen LogP) is 2.57. The Hall–Kier alpha value is -0.920. The van der Waals surface area contributed by atoms with E-state index in [1.54, 1.807) is 20.8 Å². The van der Waals surface area contributed by atoms with E-state index in [1.165, 1.54) is 22.5 Å². The molecule has 19 heavy (non-hydrogen) atoms. The summed E-state index contributed by atoms with van der Waals surface area (Å²) in [5.74, 6) is -1.17. The molecule has 1 N–H and O–H groups in total. The van der Waals surface area contributed by atoms with Gasteiger partial charge in [0.2, 0.25) is 10.0 Å². The first kappa shape index (κ1) is 16.1. The van der Waals surface area contributed by atoms with Crippen molar-refractivity contribution in [3.05, 3.63) is 28.2 Å². The molecule has 0 aliphatic carbocycles. The Kier molecular flexibility index (Phi) is 5.11. The first-order valence-corrected chi connectivity index (χ1v) is 7.99. The zero-order valence-corrected chi connectivity index (χ0v) is 13.3. The lowest BCUT2D eigenvalue weighted by atomic mass is 10.2. The average Bonchev–Trinajstić information content (AvgIpc) is 2.28. The van der Waals surface area contributed by atoms with E-state index < -0.39 is 16.0 Å². The molecule has 0 heterocycles. The Bertz CT molecular complexity index is 583. The van der Waals surface area contributed by atoms with Crippen molar-refractivity contribution in [2.24, 2.45) is 0 Å². The first-order chi connectivity index (χ1) is 8.71. The van der Waals surface area contributed by atoms with Crippen LogP contribution in [0.1, 0.15) is 31.1 Å². The molecule has 1 aromatic carbocycles. The van der Waals surface area contributed by atoms with Crippen LogP contribution in [0.5, 0.6) is 0 Å². The molecule has 0 atom stereocenters. The molecule has 0 spiro atoms. The summed E-state index contributed by atoms with van der Waals surface area (Å²) in [5, 5.41) is 9.02. The maximum atomic E-state index is 12.4. The van der Waals surface area contributed by atoms with E-state index >= 15 is 0 Å². The molecule has 106 valence electrons. The van der Waals surface area contributed by atoms with Crippen LogP contribution in [0.4, 0.5) is 0 Å². The van der Waals surface area contributed by atoms with Gasteiger partial charge in [-0.2, -0.15) is 4.31 Å². The Morgan fingerprint density at radius 2 is 2.00 bits per heavy atom. The Labute approximate surface area is 121 Å². The van der Waals surface area contributed by atoms with Crippen molar-refractivity contribution in [1.29, 1.82) is 0 Å². The monoisotopic (exact) mass is 349 g/mol.